The summed E-state index contributed by atoms with van der Waals surface area (Å²) in [5, 5.41) is 0.673. The van der Waals surface area contributed by atoms with Gasteiger partial charge >= 0.3 is 0 Å². The molecule has 0 bridgehead atoms. The fourth-order valence-corrected chi connectivity index (χ4v) is 2.86. The van der Waals surface area contributed by atoms with Crippen LogP contribution in [0, 0.1) is 0 Å². The van der Waals surface area contributed by atoms with Crippen molar-refractivity contribution in [3.8, 4) is 0 Å². The Bertz CT molecular complexity index is 781. The normalized spacial score (nSPS) is 15.5. The van der Waals surface area contributed by atoms with Gasteiger partial charge in [-0.2, -0.15) is 4.98 Å². The number of anilines is 2. The number of fused-ring (bicyclic) bond motifs is 1. The van der Waals surface area contributed by atoms with Gasteiger partial charge in [-0.1, -0.05) is 17.7 Å². The van der Waals surface area contributed by atoms with Crippen LogP contribution in [0.5, 0.6) is 0 Å². The first kappa shape index (κ1) is 13.4. The average molecular weight is 315 g/mol. The van der Waals surface area contributed by atoms with Gasteiger partial charge in [0.25, 0.3) is 6.01 Å². The summed E-state index contributed by atoms with van der Waals surface area (Å²) in [6.45, 7) is 3.52. The third-order valence-corrected chi connectivity index (χ3v) is 4.10. The Kier molecular flexibility index (Phi) is 3.35. The van der Waals surface area contributed by atoms with E-state index in [4.69, 9.17) is 16.0 Å². The number of hydrogen-bond acceptors (Lipinski definition) is 5. The average Bonchev–Trinajstić information content (AvgIpc) is 2.99. The summed E-state index contributed by atoms with van der Waals surface area (Å²) in [5.41, 5.74) is 1.57. The number of piperazine rings is 1. The monoisotopic (exact) mass is 314 g/mol. The maximum Gasteiger partial charge on any atom is 0.298 e. The van der Waals surface area contributed by atoms with Gasteiger partial charge < -0.3 is 14.2 Å². The van der Waals surface area contributed by atoms with Crippen LogP contribution in [0.2, 0.25) is 5.02 Å². The molecule has 22 heavy (non-hydrogen) atoms. The van der Waals surface area contributed by atoms with Crippen molar-refractivity contribution in [2.45, 2.75) is 0 Å². The first-order valence-electron chi connectivity index (χ1n) is 7.27. The minimum atomic E-state index is 0.665. The van der Waals surface area contributed by atoms with E-state index >= 15 is 0 Å². The Morgan fingerprint density at radius 3 is 2.59 bits per heavy atom. The van der Waals surface area contributed by atoms with Gasteiger partial charge in [0, 0.05) is 37.4 Å². The highest BCUT2D eigenvalue weighted by Gasteiger charge is 2.21. The highest BCUT2D eigenvalue weighted by Crippen LogP contribution is 2.25. The molecule has 1 aromatic carbocycles. The van der Waals surface area contributed by atoms with Crippen molar-refractivity contribution < 1.29 is 4.42 Å². The molecule has 0 unspecified atom stereocenters. The third kappa shape index (κ3) is 2.48. The molecule has 1 aliphatic rings. The smallest absolute Gasteiger partial charge is 0.298 e. The second-order valence-electron chi connectivity index (χ2n) is 5.27. The number of rotatable bonds is 2. The van der Waals surface area contributed by atoms with Gasteiger partial charge in [-0.25, -0.2) is 4.98 Å². The predicted octanol–water partition coefficient (Wildman–Crippen LogP) is 3.20. The van der Waals surface area contributed by atoms with E-state index in [0.717, 1.165) is 43.1 Å². The minimum absolute atomic E-state index is 0.665. The van der Waals surface area contributed by atoms with E-state index in [0.29, 0.717) is 11.0 Å². The van der Waals surface area contributed by atoms with Crippen LogP contribution in [0.25, 0.3) is 11.1 Å². The van der Waals surface area contributed by atoms with Crippen LogP contribution in [-0.2, 0) is 0 Å². The molecule has 0 atom stereocenters. The summed E-state index contributed by atoms with van der Waals surface area (Å²) >= 11 is 5.99. The summed E-state index contributed by atoms with van der Waals surface area (Å²) in [4.78, 5) is 13.4. The van der Waals surface area contributed by atoms with E-state index in [1.54, 1.807) is 0 Å². The molecule has 0 spiro atoms. The number of oxazole rings is 1. The number of nitrogens with zero attached hydrogens (tertiary/aromatic N) is 4. The quantitative estimate of drug-likeness (QED) is 0.727. The zero-order valence-electron chi connectivity index (χ0n) is 11.9. The molecule has 3 aromatic rings. The topological polar surface area (TPSA) is 45.4 Å². The fourth-order valence-electron chi connectivity index (χ4n) is 2.69. The maximum atomic E-state index is 5.99. The number of hydrogen-bond donors (Lipinski definition) is 0. The van der Waals surface area contributed by atoms with Crippen molar-refractivity contribution in [1.82, 2.24) is 9.97 Å². The molecular weight excluding hydrogens is 300 g/mol. The van der Waals surface area contributed by atoms with Crippen molar-refractivity contribution in [2.24, 2.45) is 0 Å². The molecule has 1 aliphatic heterocycles. The largest absolute Gasteiger partial charge is 0.423 e. The molecule has 0 radical (unpaired) electrons. The predicted molar refractivity (Wildman–Crippen MR) is 87.7 cm³/mol. The van der Waals surface area contributed by atoms with Crippen molar-refractivity contribution in [1.29, 1.82) is 0 Å². The van der Waals surface area contributed by atoms with Gasteiger partial charge in [-0.05, 0) is 30.3 Å². The van der Waals surface area contributed by atoms with Gasteiger partial charge in [-0.15, -0.1) is 0 Å². The van der Waals surface area contributed by atoms with Gasteiger partial charge in [0.05, 0.1) is 0 Å². The number of benzene rings is 1. The van der Waals surface area contributed by atoms with Crippen LogP contribution in [0.3, 0.4) is 0 Å². The maximum absolute atomic E-state index is 5.99. The van der Waals surface area contributed by atoms with E-state index < -0.39 is 0 Å². The zero-order chi connectivity index (χ0) is 14.9. The number of pyridine rings is 1. The summed E-state index contributed by atoms with van der Waals surface area (Å²) in [6.07, 6.45) is 1.83. The Morgan fingerprint density at radius 1 is 1.00 bits per heavy atom. The van der Waals surface area contributed by atoms with Crippen molar-refractivity contribution >= 4 is 34.5 Å². The number of aromatic nitrogens is 2. The van der Waals surface area contributed by atoms with Crippen LogP contribution < -0.4 is 9.80 Å². The Balaban J connectivity index is 1.50. The highest BCUT2D eigenvalue weighted by atomic mass is 35.5. The second-order valence-corrected chi connectivity index (χ2v) is 5.71. The molecule has 0 saturated carbocycles. The van der Waals surface area contributed by atoms with Crippen LogP contribution in [0.1, 0.15) is 0 Å². The summed E-state index contributed by atoms with van der Waals surface area (Å²) in [6, 6.07) is 12.2. The lowest BCUT2D eigenvalue weighted by molar-refractivity contribution is 0.540. The molecule has 4 rings (SSSR count). The summed E-state index contributed by atoms with van der Waals surface area (Å²) < 4.78 is 5.83. The summed E-state index contributed by atoms with van der Waals surface area (Å²) in [5.74, 6) is 1.02. The summed E-state index contributed by atoms with van der Waals surface area (Å²) in [7, 11) is 0. The molecule has 0 amide bonds. The van der Waals surface area contributed by atoms with Gasteiger partial charge in [-0.3, -0.25) is 0 Å². The molecule has 2 aromatic heterocycles. The Hall–Kier alpha value is -2.27. The molecule has 0 N–H and O–H groups in total. The van der Waals surface area contributed by atoms with E-state index in [1.165, 1.54) is 0 Å². The van der Waals surface area contributed by atoms with Crippen molar-refractivity contribution in [3.05, 3.63) is 47.6 Å². The lowest BCUT2D eigenvalue weighted by atomic mass is 10.3. The van der Waals surface area contributed by atoms with E-state index in [1.807, 2.05) is 42.6 Å². The van der Waals surface area contributed by atoms with E-state index in [9.17, 15) is 0 Å². The minimum Gasteiger partial charge on any atom is -0.423 e. The van der Waals surface area contributed by atoms with Crippen LogP contribution >= 0.6 is 11.6 Å². The lowest BCUT2D eigenvalue weighted by Crippen LogP contribution is -2.46. The Morgan fingerprint density at radius 2 is 1.82 bits per heavy atom. The lowest BCUT2D eigenvalue weighted by Gasteiger charge is -2.34. The molecule has 0 aliphatic carbocycles. The Labute approximate surface area is 133 Å². The molecule has 112 valence electrons. The standard InChI is InChI=1S/C16H15ClN4O/c17-12-4-5-14-13(11-12)19-16(22-14)21-9-7-20(8-10-21)15-3-1-2-6-18-15/h1-6,11H,7-10H2. The van der Waals surface area contributed by atoms with Crippen LogP contribution in [0.15, 0.2) is 47.0 Å². The highest BCUT2D eigenvalue weighted by molar-refractivity contribution is 6.31. The molecular formula is C16H15ClN4O. The molecule has 5 nitrogen and oxygen atoms in total. The first-order valence-corrected chi connectivity index (χ1v) is 7.64. The van der Waals surface area contributed by atoms with Gasteiger partial charge in [0.1, 0.15) is 11.3 Å². The van der Waals surface area contributed by atoms with Gasteiger partial charge in [0.2, 0.25) is 0 Å². The van der Waals surface area contributed by atoms with E-state index in [-0.39, 0.29) is 0 Å². The third-order valence-electron chi connectivity index (χ3n) is 3.86. The second kappa shape index (κ2) is 5.50. The molecule has 1 saturated heterocycles. The molecule has 1 fully saturated rings. The van der Waals surface area contributed by atoms with Crippen LogP contribution in [-0.4, -0.2) is 36.1 Å². The van der Waals surface area contributed by atoms with Gasteiger partial charge in [0.15, 0.2) is 5.58 Å². The number of halogens is 1. The van der Waals surface area contributed by atoms with Crippen LogP contribution in [0.4, 0.5) is 11.8 Å². The van der Waals surface area contributed by atoms with Crippen molar-refractivity contribution in [3.63, 3.8) is 0 Å². The van der Waals surface area contributed by atoms with E-state index in [2.05, 4.69) is 19.8 Å². The molecule has 3 heterocycles. The first-order chi connectivity index (χ1) is 10.8. The zero-order valence-corrected chi connectivity index (χ0v) is 12.7. The molecule has 6 heteroatoms. The fraction of sp³-hybridized carbons (Fsp3) is 0.250. The van der Waals surface area contributed by atoms with Crippen molar-refractivity contribution in [2.75, 3.05) is 36.0 Å². The SMILES string of the molecule is Clc1ccc2oc(N3CCN(c4ccccn4)CC3)nc2c1.